The molecule has 3 fully saturated rings. The van der Waals surface area contributed by atoms with E-state index in [2.05, 4.69) is 5.32 Å². The summed E-state index contributed by atoms with van der Waals surface area (Å²) >= 11 is 6.39. The first-order chi connectivity index (χ1) is 17.3. The molecule has 5 rings (SSSR count). The standard InChI is InChI=1S/C27H29ClN2O6/c1-3-35-26(34)20-19-12-13-27(36-19)21(20)25(33)30(18(14-31)16-9-5-4-6-10-16)23(27)24(32)29-22-15(2)8-7-11-17(22)28/h4-11,18-21,23,31H,3,12-14H2,1-2H3,(H,29,32)/t18-,19-,20+,21+,23?,27?/m1/s1. The largest absolute Gasteiger partial charge is 0.466 e. The minimum atomic E-state index is -1.21. The number of benzene rings is 2. The maximum atomic E-state index is 14.1. The van der Waals surface area contributed by atoms with Crippen molar-refractivity contribution in [2.45, 2.75) is 50.5 Å². The number of ether oxygens (including phenoxy) is 2. The Morgan fingerprint density at radius 2 is 2.00 bits per heavy atom. The smallest absolute Gasteiger partial charge is 0.312 e. The molecule has 0 radical (unpaired) electrons. The summed E-state index contributed by atoms with van der Waals surface area (Å²) in [5.74, 6) is -3.04. The number of esters is 1. The maximum absolute atomic E-state index is 14.1. The molecule has 3 heterocycles. The zero-order chi connectivity index (χ0) is 25.6. The Kier molecular flexibility index (Phi) is 6.53. The topological polar surface area (TPSA) is 105 Å². The number of aliphatic hydroxyl groups excluding tert-OH is 1. The van der Waals surface area contributed by atoms with Crippen LogP contribution in [0.5, 0.6) is 0 Å². The van der Waals surface area contributed by atoms with Gasteiger partial charge in [0.25, 0.3) is 0 Å². The number of para-hydroxylation sites is 1. The predicted molar refractivity (Wildman–Crippen MR) is 132 cm³/mol. The van der Waals surface area contributed by atoms with Crippen LogP contribution in [0.15, 0.2) is 48.5 Å². The van der Waals surface area contributed by atoms with Gasteiger partial charge in [0, 0.05) is 0 Å². The first-order valence-corrected chi connectivity index (χ1v) is 12.6. The molecule has 0 aliphatic carbocycles. The Balaban J connectivity index is 1.60. The van der Waals surface area contributed by atoms with E-state index in [1.807, 2.05) is 31.2 Å². The molecule has 2 N–H and O–H groups in total. The van der Waals surface area contributed by atoms with Gasteiger partial charge in [0.15, 0.2) is 0 Å². The van der Waals surface area contributed by atoms with E-state index in [4.69, 9.17) is 21.1 Å². The molecular formula is C27H29ClN2O6. The highest BCUT2D eigenvalue weighted by Crippen LogP contribution is 2.60. The Morgan fingerprint density at radius 3 is 2.67 bits per heavy atom. The van der Waals surface area contributed by atoms with Crippen molar-refractivity contribution in [3.8, 4) is 0 Å². The van der Waals surface area contributed by atoms with E-state index < -0.39 is 60.0 Å². The lowest BCUT2D eigenvalue weighted by molar-refractivity contribution is -0.155. The van der Waals surface area contributed by atoms with Gasteiger partial charge in [-0.05, 0) is 43.9 Å². The number of aryl methyl sites for hydroxylation is 1. The fraction of sp³-hybridized carbons (Fsp3) is 0.444. The molecular weight excluding hydrogens is 484 g/mol. The van der Waals surface area contributed by atoms with E-state index in [1.165, 1.54) is 4.90 Å². The number of nitrogens with one attached hydrogen (secondary N) is 1. The summed E-state index contributed by atoms with van der Waals surface area (Å²) in [5.41, 5.74) is 0.689. The number of hydrogen-bond acceptors (Lipinski definition) is 6. The molecule has 8 nitrogen and oxygen atoms in total. The zero-order valence-electron chi connectivity index (χ0n) is 20.1. The van der Waals surface area contributed by atoms with Gasteiger partial charge in [0.2, 0.25) is 11.8 Å². The Hall–Kier alpha value is -2.94. The first kappa shape index (κ1) is 24.7. The molecule has 2 unspecified atom stereocenters. The molecule has 2 aromatic rings. The highest BCUT2D eigenvalue weighted by molar-refractivity contribution is 6.34. The van der Waals surface area contributed by atoms with Crippen LogP contribution in [0.2, 0.25) is 5.02 Å². The third-order valence-electron chi connectivity index (χ3n) is 7.71. The number of likely N-dealkylation sites (tertiary alicyclic amines) is 1. The lowest BCUT2D eigenvalue weighted by Gasteiger charge is -2.37. The number of carbonyl (C=O) groups excluding carboxylic acids is 3. The van der Waals surface area contributed by atoms with E-state index in [-0.39, 0.29) is 6.61 Å². The Morgan fingerprint density at radius 1 is 1.25 bits per heavy atom. The van der Waals surface area contributed by atoms with Crippen LogP contribution < -0.4 is 5.32 Å². The number of carbonyl (C=O) groups is 3. The van der Waals surface area contributed by atoms with Crippen molar-refractivity contribution in [2.24, 2.45) is 11.8 Å². The normalized spacial score (nSPS) is 29.2. The van der Waals surface area contributed by atoms with Gasteiger partial charge in [0.1, 0.15) is 11.6 Å². The molecule has 9 heteroatoms. The van der Waals surface area contributed by atoms with Crippen LogP contribution in [0.25, 0.3) is 0 Å². The van der Waals surface area contributed by atoms with E-state index in [0.29, 0.717) is 29.1 Å². The monoisotopic (exact) mass is 512 g/mol. The van der Waals surface area contributed by atoms with Crippen molar-refractivity contribution in [3.63, 3.8) is 0 Å². The molecule has 190 valence electrons. The number of fused-ring (bicyclic) bond motifs is 1. The minimum Gasteiger partial charge on any atom is -0.466 e. The van der Waals surface area contributed by atoms with Gasteiger partial charge in [-0.2, -0.15) is 0 Å². The van der Waals surface area contributed by atoms with E-state index >= 15 is 0 Å². The number of rotatable bonds is 7. The third kappa shape index (κ3) is 3.70. The van der Waals surface area contributed by atoms with E-state index in [9.17, 15) is 19.5 Å². The predicted octanol–water partition coefficient (Wildman–Crippen LogP) is 3.26. The highest BCUT2D eigenvalue weighted by Gasteiger charge is 2.75. The first-order valence-electron chi connectivity index (χ1n) is 12.2. The molecule has 3 saturated heterocycles. The average Bonchev–Trinajstić information content (AvgIpc) is 3.51. The SMILES string of the molecule is CCOC(=O)[C@@H]1[C@H]2C(=O)N([C@H](CO)c3ccccc3)C(C(=O)Nc3c(C)cccc3Cl)C23CC[C@H]1O3. The van der Waals surface area contributed by atoms with Crippen LogP contribution in [0, 0.1) is 18.8 Å². The van der Waals surface area contributed by atoms with Gasteiger partial charge in [-0.3, -0.25) is 14.4 Å². The molecule has 3 aliphatic rings. The second-order valence-corrected chi connectivity index (χ2v) is 9.99. The summed E-state index contributed by atoms with van der Waals surface area (Å²) in [7, 11) is 0. The summed E-state index contributed by atoms with van der Waals surface area (Å²) in [5, 5.41) is 13.7. The Bertz CT molecular complexity index is 1170. The summed E-state index contributed by atoms with van der Waals surface area (Å²) in [6.07, 6.45) is 0.472. The lowest BCUT2D eigenvalue weighted by Crippen LogP contribution is -2.54. The second-order valence-electron chi connectivity index (χ2n) is 9.58. The molecule has 2 amide bonds. The molecule has 2 bridgehead atoms. The molecule has 6 atom stereocenters. The van der Waals surface area contributed by atoms with Crippen molar-refractivity contribution in [1.29, 1.82) is 0 Å². The summed E-state index contributed by atoms with van der Waals surface area (Å²) in [6, 6.07) is 12.5. The zero-order valence-corrected chi connectivity index (χ0v) is 20.9. The minimum absolute atomic E-state index is 0.179. The van der Waals surface area contributed by atoms with Crippen LogP contribution in [-0.2, 0) is 23.9 Å². The van der Waals surface area contributed by atoms with Gasteiger partial charge < -0.3 is 24.8 Å². The highest BCUT2D eigenvalue weighted by atomic mass is 35.5. The van der Waals surface area contributed by atoms with Crippen LogP contribution >= 0.6 is 11.6 Å². The van der Waals surface area contributed by atoms with Crippen molar-refractivity contribution >= 4 is 35.1 Å². The molecule has 36 heavy (non-hydrogen) atoms. The van der Waals surface area contributed by atoms with Crippen LogP contribution in [-0.4, -0.2) is 58.8 Å². The summed E-state index contributed by atoms with van der Waals surface area (Å²) in [6.45, 7) is 3.32. The molecule has 3 aliphatic heterocycles. The summed E-state index contributed by atoms with van der Waals surface area (Å²) < 4.78 is 11.7. The van der Waals surface area contributed by atoms with Gasteiger partial charge in [0.05, 0.1) is 47.9 Å². The van der Waals surface area contributed by atoms with Crippen LogP contribution in [0.3, 0.4) is 0 Å². The number of anilines is 1. The fourth-order valence-corrected chi connectivity index (χ4v) is 6.51. The van der Waals surface area contributed by atoms with Crippen molar-refractivity contribution in [2.75, 3.05) is 18.5 Å². The molecule has 0 aromatic heterocycles. The number of nitrogens with zero attached hydrogens (tertiary/aromatic N) is 1. The third-order valence-corrected chi connectivity index (χ3v) is 8.02. The van der Waals surface area contributed by atoms with Crippen molar-refractivity contribution in [3.05, 3.63) is 64.7 Å². The second kappa shape index (κ2) is 9.50. The van der Waals surface area contributed by atoms with Gasteiger partial charge in [-0.1, -0.05) is 54.1 Å². The number of hydrogen-bond donors (Lipinski definition) is 2. The quantitative estimate of drug-likeness (QED) is 0.552. The van der Waals surface area contributed by atoms with Crippen LogP contribution in [0.4, 0.5) is 5.69 Å². The van der Waals surface area contributed by atoms with Crippen molar-refractivity contribution in [1.82, 2.24) is 4.90 Å². The molecule has 2 aromatic carbocycles. The van der Waals surface area contributed by atoms with Crippen molar-refractivity contribution < 1.29 is 29.0 Å². The number of amides is 2. The van der Waals surface area contributed by atoms with Gasteiger partial charge in [-0.15, -0.1) is 0 Å². The van der Waals surface area contributed by atoms with Gasteiger partial charge >= 0.3 is 5.97 Å². The summed E-state index contributed by atoms with van der Waals surface area (Å²) in [4.78, 5) is 42.5. The fourth-order valence-electron chi connectivity index (χ4n) is 6.24. The van der Waals surface area contributed by atoms with E-state index in [1.54, 1.807) is 31.2 Å². The van der Waals surface area contributed by atoms with Crippen LogP contribution in [0.1, 0.15) is 36.9 Å². The number of aliphatic hydroxyl groups is 1. The van der Waals surface area contributed by atoms with E-state index in [0.717, 1.165) is 5.56 Å². The number of halogens is 1. The maximum Gasteiger partial charge on any atom is 0.312 e. The average molecular weight is 513 g/mol. The molecule has 1 spiro atoms. The Labute approximate surface area is 214 Å². The molecule has 0 saturated carbocycles. The van der Waals surface area contributed by atoms with Gasteiger partial charge in [-0.25, -0.2) is 0 Å². The lowest BCUT2D eigenvalue weighted by atomic mass is 9.70.